The molecular weight excluding hydrogens is 324 g/mol. The van der Waals surface area contributed by atoms with Gasteiger partial charge in [0.25, 0.3) is 0 Å². The van der Waals surface area contributed by atoms with Crippen LogP contribution in [0.5, 0.6) is 11.5 Å². The third-order valence-electron chi connectivity index (χ3n) is 3.82. The number of esters is 1. The van der Waals surface area contributed by atoms with Gasteiger partial charge in [-0.2, -0.15) is 5.10 Å². The molecule has 126 valence electrons. The number of nitrogens with zero attached hydrogens (tertiary/aromatic N) is 2. The van der Waals surface area contributed by atoms with Crippen LogP contribution in [0.25, 0.3) is 0 Å². The van der Waals surface area contributed by atoms with Crippen LogP contribution < -0.4 is 9.47 Å². The van der Waals surface area contributed by atoms with Gasteiger partial charge >= 0.3 is 5.97 Å². The van der Waals surface area contributed by atoms with E-state index in [1.807, 2.05) is 29.8 Å². The van der Waals surface area contributed by atoms with Gasteiger partial charge < -0.3 is 9.47 Å². The van der Waals surface area contributed by atoms with Crippen LogP contribution in [0.3, 0.4) is 0 Å². The first-order valence-electron chi connectivity index (χ1n) is 7.99. The third-order valence-corrected chi connectivity index (χ3v) is 4.67. The Morgan fingerprint density at radius 3 is 2.75 bits per heavy atom. The maximum absolute atomic E-state index is 12.1. The van der Waals surface area contributed by atoms with Gasteiger partial charge in [-0.15, -0.1) is 11.3 Å². The second-order valence-corrected chi connectivity index (χ2v) is 6.48. The maximum atomic E-state index is 12.1. The van der Waals surface area contributed by atoms with Crippen LogP contribution in [-0.4, -0.2) is 37.4 Å². The lowest BCUT2D eigenvalue weighted by Gasteiger charge is -2.23. The molecule has 0 bridgehead atoms. The Morgan fingerprint density at radius 2 is 2.04 bits per heavy atom. The lowest BCUT2D eigenvalue weighted by molar-refractivity contribution is 0.0735. The van der Waals surface area contributed by atoms with E-state index in [-0.39, 0.29) is 5.97 Å². The van der Waals surface area contributed by atoms with E-state index in [9.17, 15) is 4.79 Å². The molecule has 0 unspecified atom stereocenters. The van der Waals surface area contributed by atoms with Crippen molar-refractivity contribution in [1.29, 1.82) is 0 Å². The Bertz CT molecular complexity index is 707. The van der Waals surface area contributed by atoms with Crippen LogP contribution in [0.4, 0.5) is 0 Å². The van der Waals surface area contributed by atoms with Gasteiger partial charge in [-0.05, 0) is 54.5 Å². The standard InChI is InChI=1S/C18H20N2O3S/c1-22-16-12-14(13-19-20-9-3-2-4-10-20)7-8-15(16)23-18(21)17-6-5-11-24-17/h5-8,11-13H,2-4,9-10H2,1H3/b19-13-. The molecule has 24 heavy (non-hydrogen) atoms. The molecule has 3 rings (SSSR count). The third kappa shape index (κ3) is 4.14. The number of carbonyl (C=O) groups excluding carboxylic acids is 1. The second-order valence-electron chi connectivity index (χ2n) is 5.54. The highest BCUT2D eigenvalue weighted by molar-refractivity contribution is 7.12. The van der Waals surface area contributed by atoms with Gasteiger partial charge in [0.15, 0.2) is 11.5 Å². The van der Waals surface area contributed by atoms with E-state index in [4.69, 9.17) is 9.47 Å². The largest absolute Gasteiger partial charge is 0.493 e. The summed E-state index contributed by atoms with van der Waals surface area (Å²) in [6.45, 7) is 2.01. The molecule has 1 aromatic carbocycles. The molecule has 0 spiro atoms. The van der Waals surface area contributed by atoms with E-state index in [0.717, 1.165) is 18.7 Å². The molecule has 6 heteroatoms. The number of piperidine rings is 1. The van der Waals surface area contributed by atoms with Crippen LogP contribution in [0.15, 0.2) is 40.8 Å². The van der Waals surface area contributed by atoms with Crippen molar-refractivity contribution in [1.82, 2.24) is 5.01 Å². The van der Waals surface area contributed by atoms with Crippen molar-refractivity contribution in [2.45, 2.75) is 19.3 Å². The molecule has 1 aliphatic rings. The molecule has 1 saturated heterocycles. The first-order chi connectivity index (χ1) is 11.8. The minimum atomic E-state index is -0.377. The van der Waals surface area contributed by atoms with Gasteiger partial charge in [-0.3, -0.25) is 5.01 Å². The number of hydrogen-bond acceptors (Lipinski definition) is 6. The molecule has 1 aromatic heterocycles. The molecule has 2 aromatic rings. The fraction of sp³-hybridized carbons (Fsp3) is 0.333. The fourth-order valence-corrected chi connectivity index (χ4v) is 3.13. The van der Waals surface area contributed by atoms with Gasteiger partial charge in [0, 0.05) is 13.1 Å². The minimum Gasteiger partial charge on any atom is -0.493 e. The zero-order valence-corrected chi connectivity index (χ0v) is 14.4. The molecule has 0 N–H and O–H groups in total. The number of thiophene rings is 1. The van der Waals surface area contributed by atoms with E-state index in [0.29, 0.717) is 16.4 Å². The summed E-state index contributed by atoms with van der Waals surface area (Å²) < 4.78 is 10.8. The summed E-state index contributed by atoms with van der Waals surface area (Å²) >= 11 is 1.35. The predicted molar refractivity (Wildman–Crippen MR) is 95.3 cm³/mol. The molecule has 2 heterocycles. The monoisotopic (exact) mass is 344 g/mol. The zero-order chi connectivity index (χ0) is 16.8. The summed E-state index contributed by atoms with van der Waals surface area (Å²) in [4.78, 5) is 12.6. The predicted octanol–water partition coefficient (Wildman–Crippen LogP) is 3.80. The van der Waals surface area contributed by atoms with Gasteiger partial charge in [0.05, 0.1) is 13.3 Å². The van der Waals surface area contributed by atoms with Crippen molar-refractivity contribution < 1.29 is 14.3 Å². The topological polar surface area (TPSA) is 51.1 Å². The smallest absolute Gasteiger partial charge is 0.353 e. The Morgan fingerprint density at radius 1 is 1.21 bits per heavy atom. The number of hydrazone groups is 1. The number of ether oxygens (including phenoxy) is 2. The highest BCUT2D eigenvalue weighted by atomic mass is 32.1. The molecule has 0 atom stereocenters. The number of benzene rings is 1. The second kappa shape index (κ2) is 7.97. The van der Waals surface area contributed by atoms with E-state index >= 15 is 0 Å². The zero-order valence-electron chi connectivity index (χ0n) is 13.6. The lowest BCUT2D eigenvalue weighted by Crippen LogP contribution is -2.24. The summed E-state index contributed by atoms with van der Waals surface area (Å²) in [6, 6.07) is 8.98. The Balaban J connectivity index is 1.70. The SMILES string of the molecule is COc1cc(/C=N\N2CCCCC2)ccc1OC(=O)c1cccs1. The van der Waals surface area contributed by atoms with Crippen molar-refractivity contribution in [2.24, 2.45) is 5.10 Å². The van der Waals surface area contributed by atoms with E-state index in [1.54, 1.807) is 19.2 Å². The lowest BCUT2D eigenvalue weighted by atomic mass is 10.2. The summed E-state index contributed by atoms with van der Waals surface area (Å²) in [6.07, 6.45) is 5.49. The van der Waals surface area contributed by atoms with Gasteiger partial charge in [-0.25, -0.2) is 4.79 Å². The van der Waals surface area contributed by atoms with Crippen molar-refractivity contribution in [3.8, 4) is 11.5 Å². The van der Waals surface area contributed by atoms with Crippen molar-refractivity contribution in [3.63, 3.8) is 0 Å². The molecule has 1 aliphatic heterocycles. The van der Waals surface area contributed by atoms with Crippen LogP contribution in [0.2, 0.25) is 0 Å². The first-order valence-corrected chi connectivity index (χ1v) is 8.87. The van der Waals surface area contributed by atoms with E-state index < -0.39 is 0 Å². The number of methoxy groups -OCH3 is 1. The summed E-state index contributed by atoms with van der Waals surface area (Å²) in [5, 5.41) is 8.43. The Hall–Kier alpha value is -2.34. The first kappa shape index (κ1) is 16.5. The molecule has 0 radical (unpaired) electrons. The Labute approximate surface area is 145 Å². The molecule has 1 fully saturated rings. The Kier molecular flexibility index (Phi) is 5.48. The quantitative estimate of drug-likeness (QED) is 0.470. The van der Waals surface area contributed by atoms with Gasteiger partial charge in [0.2, 0.25) is 0 Å². The summed E-state index contributed by atoms with van der Waals surface area (Å²) in [7, 11) is 1.56. The van der Waals surface area contributed by atoms with Crippen molar-refractivity contribution in [3.05, 3.63) is 46.2 Å². The van der Waals surface area contributed by atoms with Crippen LogP contribution in [0, 0.1) is 0 Å². The average Bonchev–Trinajstić information content (AvgIpc) is 3.16. The fourth-order valence-electron chi connectivity index (χ4n) is 2.53. The number of carbonyl (C=O) groups is 1. The van der Waals surface area contributed by atoms with Crippen LogP contribution in [0.1, 0.15) is 34.5 Å². The molecular formula is C18H20N2O3S. The van der Waals surface area contributed by atoms with E-state index in [2.05, 4.69) is 10.1 Å². The number of rotatable bonds is 5. The maximum Gasteiger partial charge on any atom is 0.353 e. The van der Waals surface area contributed by atoms with Gasteiger partial charge in [-0.1, -0.05) is 6.07 Å². The van der Waals surface area contributed by atoms with E-state index in [1.165, 1.54) is 30.6 Å². The number of hydrogen-bond donors (Lipinski definition) is 0. The van der Waals surface area contributed by atoms with Gasteiger partial charge in [0.1, 0.15) is 4.88 Å². The summed E-state index contributed by atoms with van der Waals surface area (Å²) in [5.74, 6) is 0.548. The molecule has 0 aliphatic carbocycles. The van der Waals surface area contributed by atoms with Crippen LogP contribution in [-0.2, 0) is 0 Å². The highest BCUT2D eigenvalue weighted by Crippen LogP contribution is 2.29. The highest BCUT2D eigenvalue weighted by Gasteiger charge is 2.13. The van der Waals surface area contributed by atoms with Crippen molar-refractivity contribution in [2.75, 3.05) is 20.2 Å². The normalized spacial score (nSPS) is 14.8. The summed E-state index contributed by atoms with van der Waals surface area (Å²) in [5.41, 5.74) is 0.911. The van der Waals surface area contributed by atoms with Crippen molar-refractivity contribution >= 4 is 23.5 Å². The van der Waals surface area contributed by atoms with Crippen LogP contribution >= 0.6 is 11.3 Å². The average molecular weight is 344 g/mol. The molecule has 5 nitrogen and oxygen atoms in total. The minimum absolute atomic E-state index is 0.377. The molecule has 0 amide bonds. The molecule has 0 saturated carbocycles.